The maximum Gasteiger partial charge on any atom is 0.222 e. The van der Waals surface area contributed by atoms with Crippen molar-refractivity contribution in [3.63, 3.8) is 0 Å². The molecule has 0 aliphatic carbocycles. The Morgan fingerprint density at radius 1 is 1.10 bits per heavy atom. The molecule has 0 atom stereocenters. The maximum atomic E-state index is 14.1. The minimum Gasteiger partial charge on any atom is -0.282 e. The van der Waals surface area contributed by atoms with E-state index in [0.717, 1.165) is 5.39 Å². The molecule has 0 unspecified atom stereocenters. The summed E-state index contributed by atoms with van der Waals surface area (Å²) in [6, 6.07) is 11.5. The molecule has 0 fully saturated rings. The third-order valence-corrected chi connectivity index (χ3v) is 4.05. The van der Waals surface area contributed by atoms with Gasteiger partial charge in [0.05, 0.1) is 5.52 Å². The normalized spacial score (nSPS) is 10.8. The van der Waals surface area contributed by atoms with Crippen LogP contribution in [0.15, 0.2) is 48.7 Å². The molecule has 0 aliphatic rings. The molecule has 0 aliphatic heterocycles. The Balaban J connectivity index is 2.31. The van der Waals surface area contributed by atoms with Crippen molar-refractivity contribution in [1.29, 1.82) is 0 Å². The molecule has 2 nitrogen and oxygen atoms in total. The highest BCUT2D eigenvalue weighted by molar-refractivity contribution is 14.1. The minimum absolute atomic E-state index is 0.0686. The van der Waals surface area contributed by atoms with E-state index in [0.29, 0.717) is 27.2 Å². The fraction of sp³-hybridized carbons (Fsp3) is 0. The van der Waals surface area contributed by atoms with Crippen LogP contribution in [0.25, 0.3) is 22.0 Å². The highest BCUT2D eigenvalue weighted by atomic mass is 127. The van der Waals surface area contributed by atoms with Gasteiger partial charge < -0.3 is 0 Å². The van der Waals surface area contributed by atoms with Crippen LogP contribution in [-0.4, -0.2) is 8.77 Å². The smallest absolute Gasteiger partial charge is 0.222 e. The lowest BCUT2D eigenvalue weighted by atomic mass is 9.99. The van der Waals surface area contributed by atoms with Crippen LogP contribution < -0.4 is 0 Å². The van der Waals surface area contributed by atoms with E-state index in [1.54, 1.807) is 65.2 Å². The Morgan fingerprint density at radius 3 is 2.62 bits per heavy atom. The molecule has 0 N–H and O–H groups in total. The number of nitrogens with zero attached hydrogens (tertiary/aromatic N) is 1. The quantitative estimate of drug-likeness (QED) is 0.425. The fourth-order valence-electron chi connectivity index (χ4n) is 2.21. The third-order valence-electron chi connectivity index (χ3n) is 3.19. The van der Waals surface area contributed by atoms with Crippen LogP contribution in [0.2, 0.25) is 5.02 Å². The van der Waals surface area contributed by atoms with Crippen molar-refractivity contribution in [1.82, 2.24) is 4.98 Å². The molecule has 0 spiro atoms. The summed E-state index contributed by atoms with van der Waals surface area (Å²) in [6.07, 6.45) is 1.62. The predicted molar refractivity (Wildman–Crippen MR) is 90.5 cm³/mol. The van der Waals surface area contributed by atoms with Crippen molar-refractivity contribution in [3.05, 3.63) is 65.1 Å². The molecule has 104 valence electrons. The van der Waals surface area contributed by atoms with Gasteiger partial charge in [-0.3, -0.25) is 9.78 Å². The Hall–Kier alpha value is -1.53. The summed E-state index contributed by atoms with van der Waals surface area (Å²) in [5.41, 5.74) is 2.40. The Labute approximate surface area is 139 Å². The largest absolute Gasteiger partial charge is 0.282 e. The van der Waals surface area contributed by atoms with Crippen molar-refractivity contribution in [2.75, 3.05) is 0 Å². The molecule has 3 aromatic rings. The van der Waals surface area contributed by atoms with Crippen LogP contribution in [0.1, 0.15) is 10.4 Å². The SMILES string of the molecule is O=C(I)c1ccc2nccc(-c3ccc(Cl)cc3F)c2c1. The van der Waals surface area contributed by atoms with Gasteiger partial charge in [-0.15, -0.1) is 0 Å². The van der Waals surface area contributed by atoms with E-state index in [1.165, 1.54) is 6.07 Å². The molecule has 0 radical (unpaired) electrons. The number of carbonyl (C=O) groups is 1. The van der Waals surface area contributed by atoms with Gasteiger partial charge in [0, 0.05) is 50.3 Å². The summed E-state index contributed by atoms with van der Waals surface area (Å²) >= 11 is 7.52. The van der Waals surface area contributed by atoms with E-state index in [9.17, 15) is 9.18 Å². The zero-order valence-corrected chi connectivity index (χ0v) is 13.5. The average molecular weight is 412 g/mol. The Bertz CT molecular complexity index is 866. The van der Waals surface area contributed by atoms with Crippen molar-refractivity contribution < 1.29 is 9.18 Å². The number of hydrogen-bond donors (Lipinski definition) is 0. The lowest BCUT2D eigenvalue weighted by Gasteiger charge is -2.08. The average Bonchev–Trinajstić information content (AvgIpc) is 2.46. The number of rotatable bonds is 2. The molecule has 1 heterocycles. The highest BCUT2D eigenvalue weighted by Gasteiger charge is 2.11. The summed E-state index contributed by atoms with van der Waals surface area (Å²) < 4.78 is 14.1. The van der Waals surface area contributed by atoms with Crippen LogP contribution in [0, 0.1) is 5.82 Å². The molecule has 5 heteroatoms. The minimum atomic E-state index is -0.402. The van der Waals surface area contributed by atoms with Gasteiger partial charge in [-0.2, -0.15) is 0 Å². The van der Waals surface area contributed by atoms with Crippen molar-refractivity contribution in [2.45, 2.75) is 0 Å². The lowest BCUT2D eigenvalue weighted by molar-refractivity contribution is 0.110. The van der Waals surface area contributed by atoms with Crippen molar-refractivity contribution in [2.24, 2.45) is 0 Å². The molecule has 0 amide bonds. The predicted octanol–water partition coefficient (Wildman–Crippen LogP) is 5.27. The second-order valence-corrected chi connectivity index (χ2v) is 5.90. The van der Waals surface area contributed by atoms with E-state index >= 15 is 0 Å². The van der Waals surface area contributed by atoms with E-state index in [-0.39, 0.29) is 3.79 Å². The first-order chi connectivity index (χ1) is 10.1. The van der Waals surface area contributed by atoms with Gasteiger partial charge >= 0.3 is 0 Å². The van der Waals surface area contributed by atoms with Crippen LogP contribution >= 0.6 is 34.2 Å². The zero-order valence-electron chi connectivity index (χ0n) is 10.6. The molecule has 0 bridgehead atoms. The molecule has 2 aromatic carbocycles. The van der Waals surface area contributed by atoms with Crippen molar-refractivity contribution >= 4 is 48.9 Å². The first-order valence-electron chi connectivity index (χ1n) is 6.10. The van der Waals surface area contributed by atoms with Crippen LogP contribution in [0.5, 0.6) is 0 Å². The van der Waals surface area contributed by atoms with E-state index in [1.807, 2.05) is 0 Å². The molecular formula is C16H8ClFINO. The Morgan fingerprint density at radius 2 is 1.90 bits per heavy atom. The molecule has 0 saturated carbocycles. The number of carbonyl (C=O) groups excluding carboxylic acids is 1. The van der Waals surface area contributed by atoms with Crippen LogP contribution in [0.3, 0.4) is 0 Å². The zero-order chi connectivity index (χ0) is 15.0. The van der Waals surface area contributed by atoms with E-state index < -0.39 is 5.82 Å². The monoisotopic (exact) mass is 411 g/mol. The second-order valence-electron chi connectivity index (χ2n) is 4.49. The van der Waals surface area contributed by atoms with Crippen LogP contribution in [0.4, 0.5) is 4.39 Å². The van der Waals surface area contributed by atoms with Gasteiger partial charge in [0.2, 0.25) is 3.79 Å². The maximum absolute atomic E-state index is 14.1. The summed E-state index contributed by atoms with van der Waals surface area (Å²) in [4.78, 5) is 15.8. The van der Waals surface area contributed by atoms with E-state index in [4.69, 9.17) is 11.6 Å². The Kier molecular flexibility index (Phi) is 3.91. The van der Waals surface area contributed by atoms with Gasteiger partial charge in [0.25, 0.3) is 0 Å². The standard InChI is InChI=1S/C16H8ClFINO/c17-10-2-3-12(14(18)8-10)11-5-6-20-15-4-1-9(16(19)21)7-13(11)15/h1-8H. The van der Waals surface area contributed by atoms with Crippen LogP contribution in [-0.2, 0) is 0 Å². The number of aromatic nitrogens is 1. The summed E-state index contributed by atoms with van der Waals surface area (Å²) in [7, 11) is 0. The first-order valence-corrected chi connectivity index (χ1v) is 7.56. The molecular weight excluding hydrogens is 404 g/mol. The van der Waals surface area contributed by atoms with Gasteiger partial charge in [-0.25, -0.2) is 4.39 Å². The summed E-state index contributed by atoms with van der Waals surface area (Å²) in [5, 5.41) is 1.08. The van der Waals surface area contributed by atoms with Gasteiger partial charge in [-0.1, -0.05) is 11.6 Å². The number of benzene rings is 2. The van der Waals surface area contributed by atoms with Gasteiger partial charge in [0.15, 0.2) is 0 Å². The lowest BCUT2D eigenvalue weighted by Crippen LogP contribution is -1.92. The summed E-state index contributed by atoms with van der Waals surface area (Å²) in [6.45, 7) is 0. The first kappa shape index (κ1) is 14.4. The van der Waals surface area contributed by atoms with E-state index in [2.05, 4.69) is 4.98 Å². The number of fused-ring (bicyclic) bond motifs is 1. The molecule has 1 aromatic heterocycles. The van der Waals surface area contributed by atoms with Gasteiger partial charge in [0.1, 0.15) is 5.82 Å². The van der Waals surface area contributed by atoms with Crippen molar-refractivity contribution in [3.8, 4) is 11.1 Å². The number of hydrogen-bond acceptors (Lipinski definition) is 2. The summed E-state index contributed by atoms with van der Waals surface area (Å²) in [5.74, 6) is -0.402. The number of halogens is 3. The molecule has 21 heavy (non-hydrogen) atoms. The highest BCUT2D eigenvalue weighted by Crippen LogP contribution is 2.31. The fourth-order valence-corrected chi connectivity index (χ4v) is 2.71. The molecule has 3 rings (SSSR count). The van der Waals surface area contributed by atoms with Gasteiger partial charge in [-0.05, 0) is 48.0 Å². The topological polar surface area (TPSA) is 30.0 Å². The number of pyridine rings is 1. The third kappa shape index (κ3) is 2.78. The molecule has 0 saturated heterocycles. The second kappa shape index (κ2) is 5.69.